The van der Waals surface area contributed by atoms with Crippen LogP contribution in [0.2, 0.25) is 0 Å². The Hall–Kier alpha value is -1.88. The van der Waals surface area contributed by atoms with Crippen LogP contribution in [0.25, 0.3) is 11.0 Å². The number of carbonyl (C=O) groups is 1. The lowest BCUT2D eigenvalue weighted by Crippen LogP contribution is -2.44. The van der Waals surface area contributed by atoms with Gasteiger partial charge in [-0.3, -0.25) is 4.79 Å². The fourth-order valence-electron chi connectivity index (χ4n) is 4.50. The van der Waals surface area contributed by atoms with Gasteiger partial charge in [-0.2, -0.15) is 0 Å². The van der Waals surface area contributed by atoms with E-state index in [1.165, 1.54) is 32.4 Å². The van der Waals surface area contributed by atoms with Crippen LogP contribution in [0.15, 0.2) is 30.6 Å². The molecular formula is C20H28N4O. The number of hydrogen-bond donors (Lipinski definition) is 0. The van der Waals surface area contributed by atoms with Crippen molar-refractivity contribution >= 4 is 16.9 Å². The third-order valence-electron chi connectivity index (χ3n) is 6.28. The molecule has 25 heavy (non-hydrogen) atoms. The molecule has 0 unspecified atom stereocenters. The number of fused-ring (bicyclic) bond motifs is 1. The first-order valence-corrected chi connectivity index (χ1v) is 9.51. The van der Waals surface area contributed by atoms with Crippen molar-refractivity contribution in [1.82, 2.24) is 19.4 Å². The first-order valence-electron chi connectivity index (χ1n) is 9.51. The van der Waals surface area contributed by atoms with Crippen LogP contribution in [0.4, 0.5) is 0 Å². The smallest absolute Gasteiger partial charge is 0.242 e. The number of likely N-dealkylation sites (tertiary alicyclic amines) is 2. The van der Waals surface area contributed by atoms with Gasteiger partial charge in [0.25, 0.3) is 0 Å². The van der Waals surface area contributed by atoms with E-state index in [4.69, 9.17) is 0 Å². The minimum Gasteiger partial charge on any atom is -0.341 e. The summed E-state index contributed by atoms with van der Waals surface area (Å²) in [6.45, 7) is 4.65. The average molecular weight is 340 g/mol. The molecule has 5 heteroatoms. The number of amides is 1. The Kier molecular flexibility index (Phi) is 4.50. The number of aromatic nitrogens is 2. The van der Waals surface area contributed by atoms with Crippen molar-refractivity contribution in [1.29, 1.82) is 0 Å². The van der Waals surface area contributed by atoms with Gasteiger partial charge < -0.3 is 14.4 Å². The Morgan fingerprint density at radius 2 is 1.84 bits per heavy atom. The molecule has 1 amide bonds. The van der Waals surface area contributed by atoms with Crippen LogP contribution in [-0.4, -0.2) is 58.5 Å². The monoisotopic (exact) mass is 340 g/mol. The fraction of sp³-hybridized carbons (Fsp3) is 0.600. The summed E-state index contributed by atoms with van der Waals surface area (Å²) in [6.07, 6.45) is 8.03. The molecule has 3 heterocycles. The molecular weight excluding hydrogens is 312 g/mol. The third kappa shape index (κ3) is 3.43. The van der Waals surface area contributed by atoms with Crippen molar-refractivity contribution in [2.75, 3.05) is 33.2 Å². The van der Waals surface area contributed by atoms with Gasteiger partial charge in [0.15, 0.2) is 0 Å². The Bertz CT molecular complexity index is 745. The first kappa shape index (κ1) is 16.6. The predicted molar refractivity (Wildman–Crippen MR) is 99.3 cm³/mol. The van der Waals surface area contributed by atoms with Crippen molar-refractivity contribution in [2.45, 2.75) is 38.6 Å². The van der Waals surface area contributed by atoms with Crippen LogP contribution >= 0.6 is 0 Å². The third-order valence-corrected chi connectivity index (χ3v) is 6.28. The van der Waals surface area contributed by atoms with Crippen molar-refractivity contribution in [3.05, 3.63) is 30.6 Å². The maximum Gasteiger partial charge on any atom is 0.242 e. The summed E-state index contributed by atoms with van der Waals surface area (Å²) in [7, 11) is 2.23. The Morgan fingerprint density at radius 3 is 2.68 bits per heavy atom. The first-order chi connectivity index (χ1) is 12.2. The average Bonchev–Trinajstić information content (AvgIpc) is 2.95. The number of nitrogens with zero attached hydrogens (tertiary/aromatic N) is 4. The van der Waals surface area contributed by atoms with Crippen molar-refractivity contribution in [2.24, 2.45) is 5.41 Å². The Labute approximate surface area is 149 Å². The molecule has 134 valence electrons. The SMILES string of the molecule is CN1CCCC2(CC1)CCN(C(=O)Cn1cnc3ccccc31)CC2. The molecule has 4 rings (SSSR count). The van der Waals surface area contributed by atoms with E-state index in [1.54, 1.807) is 6.33 Å². The molecule has 0 N–H and O–H groups in total. The topological polar surface area (TPSA) is 41.4 Å². The van der Waals surface area contributed by atoms with E-state index >= 15 is 0 Å². The molecule has 2 aliphatic rings. The number of hydrogen-bond acceptors (Lipinski definition) is 3. The van der Waals surface area contributed by atoms with Crippen molar-refractivity contribution < 1.29 is 4.79 Å². The Balaban J connectivity index is 1.38. The summed E-state index contributed by atoms with van der Waals surface area (Å²) in [6, 6.07) is 8.00. The number of carbonyl (C=O) groups excluding carboxylic acids is 1. The molecule has 0 radical (unpaired) electrons. The summed E-state index contributed by atoms with van der Waals surface area (Å²) < 4.78 is 1.97. The maximum absolute atomic E-state index is 12.8. The molecule has 5 nitrogen and oxygen atoms in total. The van der Waals surface area contributed by atoms with Gasteiger partial charge in [0.1, 0.15) is 6.54 Å². The highest BCUT2D eigenvalue weighted by Crippen LogP contribution is 2.41. The van der Waals surface area contributed by atoms with Gasteiger partial charge in [0.2, 0.25) is 5.91 Å². The van der Waals surface area contributed by atoms with E-state index < -0.39 is 0 Å². The summed E-state index contributed by atoms with van der Waals surface area (Å²) in [5.41, 5.74) is 2.47. The normalized spacial score (nSPS) is 21.6. The van der Waals surface area contributed by atoms with Crippen LogP contribution in [0.3, 0.4) is 0 Å². The summed E-state index contributed by atoms with van der Waals surface area (Å²) in [5.74, 6) is 0.226. The zero-order chi connectivity index (χ0) is 17.3. The largest absolute Gasteiger partial charge is 0.341 e. The highest BCUT2D eigenvalue weighted by atomic mass is 16.2. The second-order valence-corrected chi connectivity index (χ2v) is 7.90. The van der Waals surface area contributed by atoms with Gasteiger partial charge in [0, 0.05) is 13.1 Å². The highest BCUT2D eigenvalue weighted by molar-refractivity contribution is 5.80. The zero-order valence-corrected chi connectivity index (χ0v) is 15.2. The fourth-order valence-corrected chi connectivity index (χ4v) is 4.50. The summed E-state index contributed by atoms with van der Waals surface area (Å²) in [4.78, 5) is 21.7. The molecule has 0 bridgehead atoms. The van der Waals surface area contributed by atoms with E-state index in [0.29, 0.717) is 12.0 Å². The molecule has 2 aromatic rings. The lowest BCUT2D eigenvalue weighted by Gasteiger charge is -2.41. The van der Waals surface area contributed by atoms with Crippen LogP contribution in [-0.2, 0) is 11.3 Å². The number of rotatable bonds is 2. The number of imidazole rings is 1. The number of para-hydroxylation sites is 2. The predicted octanol–water partition coefficient (Wildman–Crippen LogP) is 2.76. The van der Waals surface area contributed by atoms with E-state index in [9.17, 15) is 4.79 Å². The zero-order valence-electron chi connectivity index (χ0n) is 15.2. The second-order valence-electron chi connectivity index (χ2n) is 7.90. The standard InChI is InChI=1S/C20H28N4O/c1-22-11-4-7-20(8-12-22)9-13-23(14-10-20)19(25)15-24-16-21-17-5-2-3-6-18(17)24/h2-3,5-6,16H,4,7-15H2,1H3. The Morgan fingerprint density at radius 1 is 1.08 bits per heavy atom. The number of benzene rings is 1. The minimum atomic E-state index is 0.226. The molecule has 2 saturated heterocycles. The number of piperidine rings is 1. The van der Waals surface area contributed by atoms with Gasteiger partial charge in [-0.05, 0) is 69.8 Å². The maximum atomic E-state index is 12.8. The van der Waals surface area contributed by atoms with Crippen LogP contribution < -0.4 is 0 Å². The van der Waals surface area contributed by atoms with Gasteiger partial charge in [0.05, 0.1) is 17.4 Å². The molecule has 0 aliphatic carbocycles. The summed E-state index contributed by atoms with van der Waals surface area (Å²) >= 11 is 0. The molecule has 0 saturated carbocycles. The quantitative estimate of drug-likeness (QED) is 0.844. The summed E-state index contributed by atoms with van der Waals surface area (Å²) in [5, 5.41) is 0. The van der Waals surface area contributed by atoms with Crippen LogP contribution in [0.1, 0.15) is 32.1 Å². The van der Waals surface area contributed by atoms with Crippen LogP contribution in [0.5, 0.6) is 0 Å². The van der Waals surface area contributed by atoms with Gasteiger partial charge in [-0.15, -0.1) is 0 Å². The van der Waals surface area contributed by atoms with E-state index in [1.807, 2.05) is 28.8 Å². The van der Waals surface area contributed by atoms with E-state index in [2.05, 4.69) is 21.8 Å². The van der Waals surface area contributed by atoms with E-state index in [-0.39, 0.29) is 5.91 Å². The lowest BCUT2D eigenvalue weighted by molar-refractivity contribution is -0.134. The molecule has 0 atom stereocenters. The minimum absolute atomic E-state index is 0.226. The van der Waals surface area contributed by atoms with Crippen molar-refractivity contribution in [3.8, 4) is 0 Å². The molecule has 1 aromatic heterocycles. The van der Waals surface area contributed by atoms with Crippen LogP contribution in [0, 0.1) is 5.41 Å². The highest BCUT2D eigenvalue weighted by Gasteiger charge is 2.36. The lowest BCUT2D eigenvalue weighted by atomic mass is 9.73. The molecule has 2 fully saturated rings. The molecule has 2 aliphatic heterocycles. The van der Waals surface area contributed by atoms with Gasteiger partial charge in [-0.25, -0.2) is 4.98 Å². The second kappa shape index (κ2) is 6.79. The van der Waals surface area contributed by atoms with Crippen molar-refractivity contribution in [3.63, 3.8) is 0 Å². The van der Waals surface area contributed by atoms with Gasteiger partial charge >= 0.3 is 0 Å². The van der Waals surface area contributed by atoms with Gasteiger partial charge in [-0.1, -0.05) is 12.1 Å². The molecule has 1 spiro atoms. The van der Waals surface area contributed by atoms with E-state index in [0.717, 1.165) is 37.0 Å². The molecule has 1 aromatic carbocycles.